The third-order valence-electron chi connectivity index (χ3n) is 4.79. The van der Waals surface area contributed by atoms with E-state index in [1.54, 1.807) is 19.0 Å². The van der Waals surface area contributed by atoms with Gasteiger partial charge in [0.1, 0.15) is 5.60 Å². The predicted octanol–water partition coefficient (Wildman–Crippen LogP) is 4.55. The molecule has 5 nitrogen and oxygen atoms in total. The molecule has 0 fully saturated rings. The number of carbonyl (C=O) groups excluding carboxylic acids is 1. The molecule has 144 valence electrons. The summed E-state index contributed by atoms with van der Waals surface area (Å²) >= 11 is 0. The van der Waals surface area contributed by atoms with Crippen LogP contribution in [0, 0.1) is 0 Å². The van der Waals surface area contributed by atoms with Gasteiger partial charge in [-0.25, -0.2) is 4.79 Å². The van der Waals surface area contributed by atoms with E-state index in [-0.39, 0.29) is 6.09 Å². The average Bonchev–Trinajstić information content (AvgIpc) is 3.18. The summed E-state index contributed by atoms with van der Waals surface area (Å²) in [6.07, 6.45) is 6.52. The van der Waals surface area contributed by atoms with Crippen molar-refractivity contribution >= 4 is 18.0 Å². The Kier molecular flexibility index (Phi) is 5.40. The number of amides is 1. The average molecular weight is 367 g/mol. The number of anilines is 1. The molecule has 0 N–H and O–H groups in total. The number of fused-ring (bicyclic) bond motifs is 1. The molecule has 1 heterocycles. The highest BCUT2D eigenvalue weighted by Gasteiger charge is 2.30. The van der Waals surface area contributed by atoms with E-state index in [1.807, 2.05) is 27.0 Å². The molecule has 0 aromatic heterocycles. The molecule has 1 amide bonds. The number of para-hydroxylation sites is 1. The van der Waals surface area contributed by atoms with Crippen LogP contribution >= 0.6 is 0 Å². The van der Waals surface area contributed by atoms with E-state index in [4.69, 9.17) is 4.74 Å². The van der Waals surface area contributed by atoms with Crippen molar-refractivity contribution in [3.8, 4) is 0 Å². The standard InChI is InChI=1S/C22H29N3O2/c1-22(2,3)27-21(26)24(5)20-17(14-23-4)10-11-18(20)15-25-13-12-16-8-6-7-9-19(16)25/h6-9,14-15H,10-13H2,1-5H3/b18-15+,23-14+. The largest absolute Gasteiger partial charge is 0.443 e. The quantitative estimate of drug-likeness (QED) is 0.736. The van der Waals surface area contributed by atoms with Crippen LogP contribution in [0.4, 0.5) is 10.5 Å². The Bertz CT molecular complexity index is 815. The number of aliphatic imine (C=N–C) groups is 1. The van der Waals surface area contributed by atoms with Crippen molar-refractivity contribution in [2.45, 2.75) is 45.6 Å². The third-order valence-corrected chi connectivity index (χ3v) is 4.79. The van der Waals surface area contributed by atoms with Gasteiger partial charge in [0.2, 0.25) is 0 Å². The summed E-state index contributed by atoms with van der Waals surface area (Å²) in [5.74, 6) is 0. The fourth-order valence-corrected chi connectivity index (χ4v) is 3.66. The molecule has 27 heavy (non-hydrogen) atoms. The Morgan fingerprint density at radius 2 is 1.96 bits per heavy atom. The minimum atomic E-state index is -0.527. The van der Waals surface area contributed by atoms with E-state index in [0.717, 1.165) is 42.7 Å². The first-order valence-electron chi connectivity index (χ1n) is 9.48. The first-order valence-corrected chi connectivity index (χ1v) is 9.48. The molecule has 0 spiro atoms. The summed E-state index contributed by atoms with van der Waals surface area (Å²) in [6.45, 7) is 6.61. The number of ether oxygens (including phenoxy) is 1. The maximum atomic E-state index is 12.7. The second-order valence-electron chi connectivity index (χ2n) is 8.03. The molecule has 3 rings (SSSR count). The van der Waals surface area contributed by atoms with Gasteiger partial charge < -0.3 is 9.64 Å². The van der Waals surface area contributed by atoms with Crippen LogP contribution in [-0.2, 0) is 11.2 Å². The van der Waals surface area contributed by atoms with Gasteiger partial charge in [0.25, 0.3) is 0 Å². The summed E-state index contributed by atoms with van der Waals surface area (Å²) in [5.41, 5.74) is 5.23. The van der Waals surface area contributed by atoms with Crippen LogP contribution in [0.1, 0.15) is 39.2 Å². The van der Waals surface area contributed by atoms with Gasteiger partial charge in [-0.3, -0.25) is 9.89 Å². The molecular formula is C22H29N3O2. The molecule has 1 aliphatic carbocycles. The minimum Gasteiger partial charge on any atom is -0.443 e. The molecule has 0 unspecified atom stereocenters. The maximum absolute atomic E-state index is 12.7. The van der Waals surface area contributed by atoms with Crippen LogP contribution in [0.2, 0.25) is 0 Å². The summed E-state index contributed by atoms with van der Waals surface area (Å²) < 4.78 is 5.58. The molecule has 0 radical (unpaired) electrons. The van der Waals surface area contributed by atoms with E-state index in [2.05, 4.69) is 40.4 Å². The fourth-order valence-electron chi connectivity index (χ4n) is 3.66. The number of nitrogens with zero attached hydrogens (tertiary/aromatic N) is 3. The van der Waals surface area contributed by atoms with Gasteiger partial charge >= 0.3 is 6.09 Å². The zero-order valence-electron chi connectivity index (χ0n) is 17.0. The van der Waals surface area contributed by atoms with Gasteiger partial charge in [-0.2, -0.15) is 0 Å². The lowest BCUT2D eigenvalue weighted by atomic mass is 10.1. The number of carbonyl (C=O) groups is 1. The number of benzene rings is 1. The third kappa shape index (κ3) is 4.24. The van der Waals surface area contributed by atoms with Gasteiger partial charge in [-0.1, -0.05) is 18.2 Å². The fraction of sp³-hybridized carbons (Fsp3) is 0.455. The Balaban J connectivity index is 1.92. The molecule has 1 aromatic carbocycles. The van der Waals surface area contributed by atoms with Gasteiger partial charge in [0.15, 0.2) is 0 Å². The highest BCUT2D eigenvalue weighted by molar-refractivity contribution is 5.85. The van der Waals surface area contributed by atoms with Gasteiger partial charge in [-0.15, -0.1) is 0 Å². The van der Waals surface area contributed by atoms with E-state index >= 15 is 0 Å². The Morgan fingerprint density at radius 1 is 1.22 bits per heavy atom. The second kappa shape index (κ2) is 7.59. The first kappa shape index (κ1) is 19.2. The summed E-state index contributed by atoms with van der Waals surface area (Å²) in [5, 5.41) is 0. The minimum absolute atomic E-state index is 0.339. The molecule has 0 atom stereocenters. The lowest BCUT2D eigenvalue weighted by molar-refractivity contribution is 0.0357. The van der Waals surface area contributed by atoms with Crippen molar-refractivity contribution in [1.82, 2.24) is 4.90 Å². The van der Waals surface area contributed by atoms with E-state index in [9.17, 15) is 4.79 Å². The van der Waals surface area contributed by atoms with Crippen molar-refractivity contribution in [2.75, 3.05) is 25.5 Å². The summed E-state index contributed by atoms with van der Waals surface area (Å²) in [4.78, 5) is 20.8. The number of rotatable bonds is 3. The summed E-state index contributed by atoms with van der Waals surface area (Å²) in [6, 6.07) is 8.50. The summed E-state index contributed by atoms with van der Waals surface area (Å²) in [7, 11) is 3.54. The normalized spacial score (nSPS) is 18.6. The molecular weight excluding hydrogens is 338 g/mol. The maximum Gasteiger partial charge on any atom is 0.414 e. The van der Waals surface area contributed by atoms with Crippen molar-refractivity contribution < 1.29 is 9.53 Å². The predicted molar refractivity (Wildman–Crippen MR) is 110 cm³/mol. The van der Waals surface area contributed by atoms with Crippen LogP contribution in [0.5, 0.6) is 0 Å². The molecule has 1 aromatic rings. The smallest absolute Gasteiger partial charge is 0.414 e. The Morgan fingerprint density at radius 3 is 2.67 bits per heavy atom. The van der Waals surface area contributed by atoms with Gasteiger partial charge in [0, 0.05) is 38.7 Å². The number of hydrogen-bond acceptors (Lipinski definition) is 4. The van der Waals surface area contributed by atoms with Gasteiger partial charge in [-0.05, 0) is 62.8 Å². The van der Waals surface area contributed by atoms with Crippen LogP contribution in [0.15, 0.2) is 52.3 Å². The van der Waals surface area contributed by atoms with Crippen LogP contribution in [0.3, 0.4) is 0 Å². The lowest BCUT2D eigenvalue weighted by Crippen LogP contribution is -2.34. The van der Waals surface area contributed by atoms with Crippen molar-refractivity contribution in [2.24, 2.45) is 4.99 Å². The van der Waals surface area contributed by atoms with Crippen LogP contribution in [0.25, 0.3) is 0 Å². The second-order valence-corrected chi connectivity index (χ2v) is 8.03. The van der Waals surface area contributed by atoms with Crippen molar-refractivity contribution in [1.29, 1.82) is 0 Å². The Labute approximate surface area is 162 Å². The zero-order chi connectivity index (χ0) is 19.6. The Hall–Kier alpha value is -2.56. The first-order chi connectivity index (χ1) is 12.8. The van der Waals surface area contributed by atoms with E-state index in [1.165, 1.54) is 11.3 Å². The SMILES string of the molecule is C/N=C/C1=C(N(C)C(=O)OC(C)(C)C)C(=C/N2CCc3ccccc32)/CC1. The number of hydrogen-bond donors (Lipinski definition) is 0. The molecule has 0 saturated heterocycles. The van der Waals surface area contributed by atoms with Crippen molar-refractivity contribution in [3.63, 3.8) is 0 Å². The highest BCUT2D eigenvalue weighted by atomic mass is 16.6. The molecule has 5 heteroatoms. The topological polar surface area (TPSA) is 45.1 Å². The van der Waals surface area contributed by atoms with Gasteiger partial charge in [0.05, 0.1) is 5.70 Å². The molecule has 2 aliphatic rings. The van der Waals surface area contributed by atoms with Crippen molar-refractivity contribution in [3.05, 3.63) is 52.9 Å². The van der Waals surface area contributed by atoms with Crippen LogP contribution < -0.4 is 4.90 Å². The number of likely N-dealkylation sites (N-methyl/N-ethyl adjacent to an activating group) is 1. The molecule has 0 bridgehead atoms. The van der Waals surface area contributed by atoms with E-state index in [0.29, 0.717) is 0 Å². The zero-order valence-corrected chi connectivity index (χ0v) is 17.0. The number of allylic oxidation sites excluding steroid dienone is 2. The lowest BCUT2D eigenvalue weighted by Gasteiger charge is -2.27. The molecule has 1 aliphatic heterocycles. The monoisotopic (exact) mass is 367 g/mol. The highest BCUT2D eigenvalue weighted by Crippen LogP contribution is 2.36. The molecule has 0 saturated carbocycles. The van der Waals surface area contributed by atoms with E-state index < -0.39 is 5.60 Å². The van der Waals surface area contributed by atoms with Crippen LogP contribution in [-0.4, -0.2) is 43.4 Å².